The maximum absolute atomic E-state index is 6.08. The summed E-state index contributed by atoms with van der Waals surface area (Å²) in [5, 5.41) is 12.7. The number of aryl methyl sites for hydroxylation is 2. The van der Waals surface area contributed by atoms with Crippen LogP contribution >= 0.6 is 11.6 Å². The predicted octanol–water partition coefficient (Wildman–Crippen LogP) is 2.42. The van der Waals surface area contributed by atoms with Gasteiger partial charge in [0, 0.05) is 25.2 Å². The van der Waals surface area contributed by atoms with E-state index in [4.69, 9.17) is 21.1 Å². The molecule has 0 unspecified atom stereocenters. The van der Waals surface area contributed by atoms with Crippen molar-refractivity contribution < 1.29 is 9.47 Å². The standard InChI is InChI=1S/C17H23ClN4O2/c1-11-4-13(18)5-12(2)15(11)7-19-6-14-8-22(21-20-14)16-9-24-10-17(16)23-3/h4-5,8,16-17,19H,6-7,9-10H2,1-3H3/t16-,17-/m1/s1. The molecule has 1 saturated heterocycles. The number of nitrogens with zero attached hydrogens (tertiary/aromatic N) is 3. The molecule has 0 bridgehead atoms. The first-order valence-corrected chi connectivity index (χ1v) is 8.44. The van der Waals surface area contributed by atoms with Crippen LogP contribution in [0.3, 0.4) is 0 Å². The molecule has 1 N–H and O–H groups in total. The zero-order valence-electron chi connectivity index (χ0n) is 14.3. The Kier molecular flexibility index (Phi) is 5.50. The van der Waals surface area contributed by atoms with Crippen molar-refractivity contribution in [1.29, 1.82) is 0 Å². The van der Waals surface area contributed by atoms with Gasteiger partial charge in [0.15, 0.2) is 0 Å². The second-order valence-corrected chi connectivity index (χ2v) is 6.63. The summed E-state index contributed by atoms with van der Waals surface area (Å²) in [4.78, 5) is 0. The van der Waals surface area contributed by atoms with E-state index in [0.29, 0.717) is 19.8 Å². The summed E-state index contributed by atoms with van der Waals surface area (Å²) < 4.78 is 12.7. The van der Waals surface area contributed by atoms with Gasteiger partial charge in [0.2, 0.25) is 0 Å². The molecule has 2 aromatic rings. The van der Waals surface area contributed by atoms with Crippen LogP contribution in [0.15, 0.2) is 18.3 Å². The molecule has 1 aliphatic heterocycles. The van der Waals surface area contributed by atoms with E-state index in [-0.39, 0.29) is 12.1 Å². The Labute approximate surface area is 147 Å². The first-order chi connectivity index (χ1) is 11.6. The van der Waals surface area contributed by atoms with Crippen LogP contribution in [0.1, 0.15) is 28.4 Å². The van der Waals surface area contributed by atoms with Crippen molar-refractivity contribution in [3.8, 4) is 0 Å². The van der Waals surface area contributed by atoms with E-state index in [2.05, 4.69) is 29.5 Å². The van der Waals surface area contributed by atoms with E-state index in [0.717, 1.165) is 17.3 Å². The van der Waals surface area contributed by atoms with Crippen molar-refractivity contribution in [3.05, 3.63) is 45.7 Å². The van der Waals surface area contributed by atoms with Crippen molar-refractivity contribution in [1.82, 2.24) is 20.3 Å². The smallest absolute Gasteiger partial charge is 0.105 e. The molecular formula is C17H23ClN4O2. The van der Waals surface area contributed by atoms with Gasteiger partial charge in [0.05, 0.1) is 25.1 Å². The largest absolute Gasteiger partial charge is 0.377 e. The first-order valence-electron chi connectivity index (χ1n) is 8.06. The van der Waals surface area contributed by atoms with Crippen LogP contribution < -0.4 is 5.32 Å². The lowest BCUT2D eigenvalue weighted by atomic mass is 10.0. The number of nitrogens with one attached hydrogen (secondary N) is 1. The number of methoxy groups -OCH3 is 1. The number of rotatable bonds is 6. The van der Waals surface area contributed by atoms with Crippen molar-refractivity contribution >= 4 is 11.6 Å². The Bertz CT molecular complexity index is 681. The van der Waals surface area contributed by atoms with E-state index < -0.39 is 0 Å². The number of hydrogen-bond donors (Lipinski definition) is 1. The third-order valence-electron chi connectivity index (χ3n) is 4.47. The minimum Gasteiger partial charge on any atom is -0.377 e. The highest BCUT2D eigenvalue weighted by molar-refractivity contribution is 6.30. The normalized spacial score (nSPS) is 20.7. The molecule has 1 aromatic heterocycles. The molecule has 7 heteroatoms. The number of aromatic nitrogens is 3. The maximum Gasteiger partial charge on any atom is 0.105 e. The number of benzene rings is 1. The molecule has 24 heavy (non-hydrogen) atoms. The number of hydrogen-bond acceptors (Lipinski definition) is 5. The summed E-state index contributed by atoms with van der Waals surface area (Å²) in [6.45, 7) is 6.80. The average Bonchev–Trinajstić information content (AvgIpc) is 3.18. The second kappa shape index (κ2) is 7.61. The lowest BCUT2D eigenvalue weighted by molar-refractivity contribution is 0.0661. The van der Waals surface area contributed by atoms with E-state index >= 15 is 0 Å². The summed E-state index contributed by atoms with van der Waals surface area (Å²) in [5.41, 5.74) is 4.57. The Morgan fingerprint density at radius 3 is 2.75 bits per heavy atom. The van der Waals surface area contributed by atoms with Gasteiger partial charge in [-0.3, -0.25) is 0 Å². The molecule has 3 rings (SSSR count). The molecule has 0 spiro atoms. The van der Waals surface area contributed by atoms with Gasteiger partial charge in [0.25, 0.3) is 0 Å². The highest BCUT2D eigenvalue weighted by atomic mass is 35.5. The molecule has 2 heterocycles. The average molecular weight is 351 g/mol. The third-order valence-corrected chi connectivity index (χ3v) is 4.69. The molecule has 2 atom stereocenters. The zero-order chi connectivity index (χ0) is 17.1. The lowest BCUT2D eigenvalue weighted by Crippen LogP contribution is -2.24. The van der Waals surface area contributed by atoms with E-state index in [1.165, 1.54) is 16.7 Å². The number of ether oxygens (including phenoxy) is 2. The first kappa shape index (κ1) is 17.4. The molecule has 130 valence electrons. The van der Waals surface area contributed by atoms with Gasteiger partial charge < -0.3 is 14.8 Å². The van der Waals surface area contributed by atoms with Gasteiger partial charge in [-0.25, -0.2) is 4.68 Å². The highest BCUT2D eigenvalue weighted by Crippen LogP contribution is 2.22. The van der Waals surface area contributed by atoms with Crippen molar-refractivity contribution in [2.75, 3.05) is 20.3 Å². The quantitative estimate of drug-likeness (QED) is 0.867. The van der Waals surface area contributed by atoms with Crippen molar-refractivity contribution in [3.63, 3.8) is 0 Å². The summed E-state index contributed by atoms with van der Waals surface area (Å²) in [6.07, 6.45) is 1.99. The Morgan fingerprint density at radius 1 is 1.29 bits per heavy atom. The molecule has 1 aliphatic rings. The van der Waals surface area contributed by atoms with E-state index in [9.17, 15) is 0 Å². The van der Waals surface area contributed by atoms with Crippen LogP contribution in [-0.4, -0.2) is 41.4 Å². The van der Waals surface area contributed by atoms with Crippen molar-refractivity contribution in [2.24, 2.45) is 0 Å². The topological polar surface area (TPSA) is 61.2 Å². The summed E-state index contributed by atoms with van der Waals surface area (Å²) >= 11 is 6.08. The molecule has 1 aromatic carbocycles. The molecular weight excluding hydrogens is 328 g/mol. The SMILES string of the molecule is CO[C@@H]1COC[C@H]1n1cc(CNCc2c(C)cc(Cl)cc2C)nn1. The summed E-state index contributed by atoms with van der Waals surface area (Å²) in [7, 11) is 1.70. The molecule has 0 amide bonds. The van der Waals surface area contributed by atoms with Crippen LogP contribution in [0.4, 0.5) is 0 Å². The maximum atomic E-state index is 6.08. The molecule has 0 radical (unpaired) electrons. The highest BCUT2D eigenvalue weighted by Gasteiger charge is 2.30. The van der Waals surface area contributed by atoms with Gasteiger partial charge in [-0.2, -0.15) is 0 Å². The fourth-order valence-corrected chi connectivity index (χ4v) is 3.41. The van der Waals surface area contributed by atoms with Gasteiger partial charge in [-0.05, 0) is 42.7 Å². The minimum absolute atomic E-state index is 0.0341. The molecule has 1 fully saturated rings. The fraction of sp³-hybridized carbons (Fsp3) is 0.529. The Balaban J connectivity index is 1.58. The summed E-state index contributed by atoms with van der Waals surface area (Å²) in [6, 6.07) is 4.08. The predicted molar refractivity (Wildman–Crippen MR) is 92.1 cm³/mol. The third kappa shape index (κ3) is 3.78. The van der Waals surface area contributed by atoms with Crippen LogP contribution in [0.25, 0.3) is 0 Å². The summed E-state index contributed by atoms with van der Waals surface area (Å²) in [5.74, 6) is 0. The zero-order valence-corrected chi connectivity index (χ0v) is 15.0. The van der Waals surface area contributed by atoms with Crippen LogP contribution in [-0.2, 0) is 22.6 Å². The molecule has 0 saturated carbocycles. The van der Waals surface area contributed by atoms with Crippen LogP contribution in [0.2, 0.25) is 5.02 Å². The molecule has 0 aliphatic carbocycles. The van der Waals surface area contributed by atoms with E-state index in [1.54, 1.807) is 7.11 Å². The van der Waals surface area contributed by atoms with Crippen LogP contribution in [0.5, 0.6) is 0 Å². The fourth-order valence-electron chi connectivity index (χ4n) is 3.09. The lowest BCUT2D eigenvalue weighted by Gasteiger charge is -2.15. The van der Waals surface area contributed by atoms with Gasteiger partial charge >= 0.3 is 0 Å². The molecule has 6 nitrogen and oxygen atoms in total. The van der Waals surface area contributed by atoms with Crippen LogP contribution in [0, 0.1) is 13.8 Å². The van der Waals surface area contributed by atoms with Gasteiger partial charge in [-0.15, -0.1) is 5.10 Å². The van der Waals surface area contributed by atoms with Crippen molar-refractivity contribution in [2.45, 2.75) is 39.1 Å². The minimum atomic E-state index is 0.0341. The Hall–Kier alpha value is -1.47. The monoisotopic (exact) mass is 350 g/mol. The Morgan fingerprint density at radius 2 is 2.04 bits per heavy atom. The number of halogens is 1. The van der Waals surface area contributed by atoms with Gasteiger partial charge in [0.1, 0.15) is 12.1 Å². The second-order valence-electron chi connectivity index (χ2n) is 6.19. The van der Waals surface area contributed by atoms with E-state index in [1.807, 2.05) is 23.0 Å². The van der Waals surface area contributed by atoms with Gasteiger partial charge in [-0.1, -0.05) is 16.8 Å².